The van der Waals surface area contributed by atoms with Crippen LogP contribution in [0.3, 0.4) is 0 Å². The summed E-state index contributed by atoms with van der Waals surface area (Å²) in [5.41, 5.74) is 1.36. The molecule has 0 spiro atoms. The van der Waals surface area contributed by atoms with Crippen molar-refractivity contribution in [2.75, 3.05) is 7.11 Å². The maximum atomic E-state index is 12.8. The number of ether oxygens (including phenoxy) is 2. The van der Waals surface area contributed by atoms with Gasteiger partial charge in [0.2, 0.25) is 9.84 Å². The minimum atomic E-state index is -3.99. The van der Waals surface area contributed by atoms with Gasteiger partial charge in [0.05, 0.1) is 12.0 Å². The number of hydrogen-bond acceptors (Lipinski definition) is 5. The number of nitrogens with zero attached hydrogens (tertiary/aromatic N) is 1. The average Bonchev–Trinajstić information content (AvgIpc) is 2.76. The molecule has 0 aliphatic heterocycles. The van der Waals surface area contributed by atoms with E-state index in [9.17, 15) is 13.7 Å². The van der Waals surface area contributed by atoms with Crippen molar-refractivity contribution in [3.05, 3.63) is 92.8 Å². The van der Waals surface area contributed by atoms with Crippen LogP contribution in [0.2, 0.25) is 10.0 Å². The van der Waals surface area contributed by atoms with Gasteiger partial charge in [-0.1, -0.05) is 41.4 Å². The molecule has 0 aliphatic rings. The lowest BCUT2D eigenvalue weighted by Crippen LogP contribution is -2.03. The first-order valence-corrected chi connectivity index (χ1v) is 11.2. The first kappa shape index (κ1) is 22.7. The number of methoxy groups -OCH3 is 1. The van der Waals surface area contributed by atoms with Crippen LogP contribution < -0.4 is 9.47 Å². The number of hydrogen-bond donors (Lipinski definition) is 0. The molecule has 0 aliphatic carbocycles. The monoisotopic (exact) mass is 473 g/mol. The summed E-state index contributed by atoms with van der Waals surface area (Å²) in [7, 11) is -2.51. The summed E-state index contributed by atoms with van der Waals surface area (Å²) < 4.78 is 36.7. The molecule has 0 saturated carbocycles. The van der Waals surface area contributed by atoms with E-state index in [0.717, 1.165) is 5.56 Å². The fourth-order valence-corrected chi connectivity index (χ4v) is 4.24. The van der Waals surface area contributed by atoms with Crippen LogP contribution in [0.15, 0.2) is 76.5 Å². The van der Waals surface area contributed by atoms with E-state index in [4.69, 9.17) is 32.7 Å². The number of halogens is 2. The van der Waals surface area contributed by atoms with E-state index in [2.05, 4.69) is 0 Å². The van der Waals surface area contributed by atoms with Gasteiger partial charge in [0.1, 0.15) is 17.6 Å². The number of allylic oxidation sites excluding steroid dienone is 1. The van der Waals surface area contributed by atoms with Crippen molar-refractivity contribution in [2.24, 2.45) is 0 Å². The molecule has 158 valence electrons. The lowest BCUT2D eigenvalue weighted by Gasteiger charge is -2.12. The Balaban J connectivity index is 1.87. The predicted molar refractivity (Wildman–Crippen MR) is 121 cm³/mol. The molecular formula is C23H17Cl2NO4S. The molecule has 0 N–H and O–H groups in total. The van der Waals surface area contributed by atoms with Gasteiger partial charge in [-0.15, -0.1) is 0 Å². The zero-order valence-corrected chi connectivity index (χ0v) is 18.7. The van der Waals surface area contributed by atoms with Crippen molar-refractivity contribution >= 4 is 39.1 Å². The lowest BCUT2D eigenvalue weighted by atomic mass is 10.2. The van der Waals surface area contributed by atoms with Gasteiger partial charge in [-0.05, 0) is 65.7 Å². The van der Waals surface area contributed by atoms with Gasteiger partial charge in [0.15, 0.2) is 11.5 Å². The van der Waals surface area contributed by atoms with Gasteiger partial charge in [0, 0.05) is 10.0 Å². The minimum Gasteiger partial charge on any atom is -0.493 e. The summed E-state index contributed by atoms with van der Waals surface area (Å²) in [6, 6.07) is 19.6. The highest BCUT2D eigenvalue weighted by atomic mass is 35.5. The molecule has 0 atom stereocenters. The van der Waals surface area contributed by atoms with Crippen molar-refractivity contribution in [3.8, 4) is 17.6 Å². The van der Waals surface area contributed by atoms with Gasteiger partial charge in [-0.3, -0.25) is 0 Å². The van der Waals surface area contributed by atoms with Gasteiger partial charge in [-0.25, -0.2) is 8.42 Å². The molecule has 31 heavy (non-hydrogen) atoms. The van der Waals surface area contributed by atoms with E-state index < -0.39 is 14.7 Å². The molecule has 0 unspecified atom stereocenters. The number of benzene rings is 3. The Hall–Kier alpha value is -2.98. The number of sulfone groups is 1. The number of nitriles is 1. The molecule has 3 aromatic carbocycles. The third-order valence-electron chi connectivity index (χ3n) is 4.29. The van der Waals surface area contributed by atoms with Crippen LogP contribution in [-0.2, 0) is 16.4 Å². The van der Waals surface area contributed by atoms with Crippen molar-refractivity contribution in [2.45, 2.75) is 11.5 Å². The molecule has 0 aromatic heterocycles. The van der Waals surface area contributed by atoms with Gasteiger partial charge < -0.3 is 9.47 Å². The Bertz CT molecular complexity index is 1260. The Morgan fingerprint density at radius 3 is 2.39 bits per heavy atom. The quantitative estimate of drug-likeness (QED) is 0.398. The molecule has 0 amide bonds. The van der Waals surface area contributed by atoms with Crippen LogP contribution in [-0.4, -0.2) is 15.5 Å². The van der Waals surface area contributed by atoms with E-state index in [1.54, 1.807) is 36.4 Å². The average molecular weight is 474 g/mol. The zero-order valence-electron chi connectivity index (χ0n) is 16.4. The highest BCUT2D eigenvalue weighted by Gasteiger charge is 2.21. The Morgan fingerprint density at radius 2 is 1.74 bits per heavy atom. The molecule has 3 rings (SSSR count). The second-order valence-corrected chi connectivity index (χ2v) is 9.20. The van der Waals surface area contributed by atoms with E-state index in [1.165, 1.54) is 37.5 Å². The van der Waals surface area contributed by atoms with E-state index in [-0.39, 0.29) is 11.5 Å². The molecule has 0 saturated heterocycles. The molecule has 0 fully saturated rings. The molecule has 3 aromatic rings. The fourth-order valence-electron chi connectivity index (χ4n) is 2.74. The van der Waals surface area contributed by atoms with Crippen LogP contribution in [0.1, 0.15) is 11.1 Å². The molecule has 0 bridgehead atoms. The van der Waals surface area contributed by atoms with Gasteiger partial charge >= 0.3 is 0 Å². The van der Waals surface area contributed by atoms with Gasteiger partial charge in [0.25, 0.3) is 0 Å². The summed E-state index contributed by atoms with van der Waals surface area (Å²) in [4.78, 5) is -0.414. The predicted octanol–water partition coefficient (Wildman–Crippen LogP) is 5.92. The number of rotatable bonds is 7. The van der Waals surface area contributed by atoms with Crippen LogP contribution >= 0.6 is 23.2 Å². The van der Waals surface area contributed by atoms with Crippen molar-refractivity contribution in [1.82, 2.24) is 0 Å². The Labute approximate surface area is 191 Å². The first-order valence-electron chi connectivity index (χ1n) is 9.01. The summed E-state index contributed by atoms with van der Waals surface area (Å²) in [5.74, 6) is 0.871. The largest absolute Gasteiger partial charge is 0.493 e. The minimum absolute atomic E-state index is 0.0156. The van der Waals surface area contributed by atoms with E-state index in [1.807, 2.05) is 12.1 Å². The second-order valence-electron chi connectivity index (χ2n) is 6.41. The molecule has 0 heterocycles. The normalized spacial score (nSPS) is 11.6. The SMILES string of the molecule is COc1cc(/C=C(\C#N)S(=O)(=O)c2ccc(Cl)cc2)ccc1OCc1cccc(Cl)c1. The third-order valence-corrected chi connectivity index (χ3v) is 6.46. The summed E-state index contributed by atoms with van der Waals surface area (Å²) in [5, 5.41) is 10.5. The van der Waals surface area contributed by atoms with Crippen LogP contribution in [0.25, 0.3) is 6.08 Å². The second kappa shape index (κ2) is 9.88. The standard InChI is InChI=1S/C23H17Cl2NO4S/c1-29-23-13-16(5-10-22(23)30-15-17-3-2-4-19(25)11-17)12-21(14-26)31(27,28)20-8-6-18(24)7-9-20/h2-13H,15H2,1H3/b21-12+. The lowest BCUT2D eigenvalue weighted by molar-refractivity contribution is 0.284. The molecule has 8 heteroatoms. The molecule has 0 radical (unpaired) electrons. The summed E-state index contributed by atoms with van der Waals surface area (Å²) >= 11 is 11.8. The maximum Gasteiger partial charge on any atom is 0.216 e. The summed E-state index contributed by atoms with van der Waals surface area (Å²) in [6.45, 7) is 0.278. The van der Waals surface area contributed by atoms with E-state index in [0.29, 0.717) is 27.1 Å². The zero-order chi connectivity index (χ0) is 22.4. The van der Waals surface area contributed by atoms with Gasteiger partial charge in [-0.2, -0.15) is 5.26 Å². The highest BCUT2D eigenvalue weighted by Crippen LogP contribution is 2.31. The van der Waals surface area contributed by atoms with E-state index >= 15 is 0 Å². The smallest absolute Gasteiger partial charge is 0.216 e. The topological polar surface area (TPSA) is 76.4 Å². The van der Waals surface area contributed by atoms with Crippen LogP contribution in [0.4, 0.5) is 0 Å². The van der Waals surface area contributed by atoms with Crippen LogP contribution in [0, 0.1) is 11.3 Å². The maximum absolute atomic E-state index is 12.8. The molecule has 5 nitrogen and oxygen atoms in total. The fraction of sp³-hybridized carbons (Fsp3) is 0.0870. The Morgan fingerprint density at radius 1 is 1.00 bits per heavy atom. The van der Waals surface area contributed by atoms with Crippen molar-refractivity contribution < 1.29 is 17.9 Å². The van der Waals surface area contributed by atoms with Crippen molar-refractivity contribution in [3.63, 3.8) is 0 Å². The first-order chi connectivity index (χ1) is 14.8. The summed E-state index contributed by atoms with van der Waals surface area (Å²) in [6.07, 6.45) is 1.28. The van der Waals surface area contributed by atoms with Crippen molar-refractivity contribution in [1.29, 1.82) is 5.26 Å². The third kappa shape index (κ3) is 5.59. The highest BCUT2D eigenvalue weighted by molar-refractivity contribution is 7.95. The molecular weight excluding hydrogens is 457 g/mol. The Kier molecular flexibility index (Phi) is 7.24. The van der Waals surface area contributed by atoms with Crippen LogP contribution in [0.5, 0.6) is 11.5 Å².